The van der Waals surface area contributed by atoms with Gasteiger partial charge in [0.05, 0.1) is 37.6 Å². The van der Waals surface area contributed by atoms with Crippen LogP contribution in [0.15, 0.2) is 120 Å². The molecular formula is C33H33N3O6. The molecule has 4 aromatic rings. The zero-order valence-electron chi connectivity index (χ0n) is 23.0. The maximum absolute atomic E-state index is 11.0. The zero-order chi connectivity index (χ0) is 29.0. The molecule has 1 aliphatic rings. The topological polar surface area (TPSA) is 104 Å². The first-order chi connectivity index (χ1) is 20.7. The molecular weight excluding hydrogens is 534 g/mol. The summed E-state index contributed by atoms with van der Waals surface area (Å²) in [6.07, 6.45) is -0.426. The number of rotatable bonds is 14. The normalized spacial score (nSPS) is 20.1. The van der Waals surface area contributed by atoms with Gasteiger partial charge < -0.3 is 18.9 Å². The highest BCUT2D eigenvalue weighted by molar-refractivity contribution is 5.79. The SMILES string of the molecule is O=[N+]([O-])c1ccc(C=NNC2O[C@H](COCc3ccccc3)[C@@H](OCc3ccccc3)[C@H]2OCc2ccccc2)cc1. The van der Waals surface area contributed by atoms with E-state index in [9.17, 15) is 10.1 Å². The Morgan fingerprint density at radius 3 is 1.81 bits per heavy atom. The number of non-ortho nitro benzene ring substituents is 1. The minimum absolute atomic E-state index is 0.0189. The number of nitrogens with one attached hydrogen (secondary N) is 1. The van der Waals surface area contributed by atoms with Crippen molar-refractivity contribution in [2.75, 3.05) is 6.61 Å². The van der Waals surface area contributed by atoms with Gasteiger partial charge in [-0.05, 0) is 34.4 Å². The van der Waals surface area contributed by atoms with Gasteiger partial charge >= 0.3 is 0 Å². The second-order valence-corrected chi connectivity index (χ2v) is 9.85. The Morgan fingerprint density at radius 1 is 0.738 bits per heavy atom. The van der Waals surface area contributed by atoms with E-state index in [0.717, 1.165) is 16.7 Å². The van der Waals surface area contributed by atoms with E-state index >= 15 is 0 Å². The Kier molecular flexibility index (Phi) is 10.4. The smallest absolute Gasteiger partial charge is 0.269 e. The molecule has 0 amide bonds. The van der Waals surface area contributed by atoms with Crippen molar-refractivity contribution < 1.29 is 23.9 Å². The van der Waals surface area contributed by atoms with Gasteiger partial charge in [0.15, 0.2) is 6.23 Å². The number of nitrogens with zero attached hydrogens (tertiary/aromatic N) is 2. The first kappa shape index (κ1) is 29.1. The molecule has 0 radical (unpaired) electrons. The van der Waals surface area contributed by atoms with E-state index in [1.54, 1.807) is 18.3 Å². The molecule has 0 bridgehead atoms. The predicted octanol–water partition coefficient (Wildman–Crippen LogP) is 5.63. The summed E-state index contributed by atoms with van der Waals surface area (Å²) < 4.78 is 25.3. The lowest BCUT2D eigenvalue weighted by Crippen LogP contribution is -2.42. The fraction of sp³-hybridized carbons (Fsp3) is 0.242. The summed E-state index contributed by atoms with van der Waals surface area (Å²) in [5, 5.41) is 15.3. The molecule has 1 unspecified atom stereocenters. The predicted molar refractivity (Wildman–Crippen MR) is 159 cm³/mol. The van der Waals surface area contributed by atoms with Gasteiger partial charge in [0.1, 0.15) is 18.3 Å². The average Bonchev–Trinajstić information content (AvgIpc) is 3.36. The molecule has 0 aliphatic carbocycles. The third kappa shape index (κ3) is 8.31. The first-order valence-corrected chi connectivity index (χ1v) is 13.8. The minimum Gasteiger partial charge on any atom is -0.374 e. The van der Waals surface area contributed by atoms with Crippen molar-refractivity contribution in [2.45, 2.75) is 44.4 Å². The van der Waals surface area contributed by atoms with Crippen LogP contribution in [0.4, 0.5) is 5.69 Å². The van der Waals surface area contributed by atoms with Gasteiger partial charge in [-0.1, -0.05) is 91.0 Å². The lowest BCUT2D eigenvalue weighted by molar-refractivity contribution is -0.384. The second-order valence-electron chi connectivity index (χ2n) is 9.85. The van der Waals surface area contributed by atoms with E-state index in [4.69, 9.17) is 18.9 Å². The highest BCUT2D eigenvalue weighted by atomic mass is 16.6. The minimum atomic E-state index is -0.630. The van der Waals surface area contributed by atoms with Crippen LogP contribution in [0, 0.1) is 10.1 Å². The maximum Gasteiger partial charge on any atom is 0.269 e. The van der Waals surface area contributed by atoms with Crippen molar-refractivity contribution >= 4 is 11.9 Å². The van der Waals surface area contributed by atoms with Gasteiger partial charge in [0.2, 0.25) is 0 Å². The summed E-state index contributed by atoms with van der Waals surface area (Å²) >= 11 is 0. The van der Waals surface area contributed by atoms with Gasteiger partial charge in [-0.2, -0.15) is 5.10 Å². The molecule has 1 aliphatic heterocycles. The van der Waals surface area contributed by atoms with E-state index < -0.39 is 29.5 Å². The van der Waals surface area contributed by atoms with Crippen LogP contribution >= 0.6 is 0 Å². The van der Waals surface area contributed by atoms with Crippen molar-refractivity contribution in [2.24, 2.45) is 5.10 Å². The van der Waals surface area contributed by atoms with Crippen LogP contribution in [-0.2, 0) is 38.8 Å². The Bertz CT molecular complexity index is 1400. The summed E-state index contributed by atoms with van der Waals surface area (Å²) in [4.78, 5) is 10.5. The number of hydrogen-bond donors (Lipinski definition) is 1. The van der Waals surface area contributed by atoms with Crippen molar-refractivity contribution in [1.29, 1.82) is 0 Å². The molecule has 5 rings (SSSR count). The summed E-state index contributed by atoms with van der Waals surface area (Å²) in [5.41, 5.74) is 6.92. The fourth-order valence-corrected chi connectivity index (χ4v) is 4.62. The highest BCUT2D eigenvalue weighted by Crippen LogP contribution is 2.28. The van der Waals surface area contributed by atoms with Crippen molar-refractivity contribution in [1.82, 2.24) is 5.43 Å². The van der Waals surface area contributed by atoms with Gasteiger partial charge in [-0.15, -0.1) is 0 Å². The van der Waals surface area contributed by atoms with Crippen LogP contribution in [0.5, 0.6) is 0 Å². The molecule has 216 valence electrons. The number of nitro benzene ring substituents is 1. The Hall–Kier alpha value is -4.41. The maximum atomic E-state index is 11.0. The third-order valence-corrected chi connectivity index (χ3v) is 6.79. The number of ether oxygens (including phenoxy) is 4. The van der Waals surface area contributed by atoms with Crippen molar-refractivity contribution in [3.05, 3.63) is 148 Å². The largest absolute Gasteiger partial charge is 0.374 e. The number of hydrazone groups is 1. The molecule has 0 aromatic heterocycles. The van der Waals surface area contributed by atoms with Crippen LogP contribution in [0.1, 0.15) is 22.3 Å². The van der Waals surface area contributed by atoms with Crippen LogP contribution in [-0.4, -0.2) is 42.3 Å². The third-order valence-electron chi connectivity index (χ3n) is 6.79. The summed E-state index contributed by atoms with van der Waals surface area (Å²) in [7, 11) is 0. The molecule has 1 N–H and O–H groups in total. The second kappa shape index (κ2) is 15.0. The summed E-state index contributed by atoms with van der Waals surface area (Å²) in [6, 6.07) is 36.0. The molecule has 0 saturated carbocycles. The van der Waals surface area contributed by atoms with Gasteiger partial charge in [-0.3, -0.25) is 15.5 Å². The lowest BCUT2D eigenvalue weighted by Gasteiger charge is -2.25. The fourth-order valence-electron chi connectivity index (χ4n) is 4.62. The molecule has 9 nitrogen and oxygen atoms in total. The molecule has 1 saturated heterocycles. The van der Waals surface area contributed by atoms with E-state index in [0.29, 0.717) is 32.0 Å². The van der Waals surface area contributed by atoms with Crippen molar-refractivity contribution in [3.8, 4) is 0 Å². The standard InChI is InChI=1S/C33H33N3O6/c37-36(38)29-18-16-25(17-19-29)20-34-35-33-32(41-23-28-14-8-3-9-15-28)31(40-22-27-12-6-2-7-13-27)30(42-33)24-39-21-26-10-4-1-5-11-26/h1-20,30-33,35H,21-24H2/t30-,31-,32-,33?/m1/s1. The molecule has 4 atom stereocenters. The highest BCUT2D eigenvalue weighted by Gasteiger charge is 2.46. The van der Waals surface area contributed by atoms with Gasteiger partial charge in [0, 0.05) is 12.1 Å². The van der Waals surface area contributed by atoms with Crippen LogP contribution in [0.25, 0.3) is 0 Å². The number of nitro groups is 1. The zero-order valence-corrected chi connectivity index (χ0v) is 23.0. The molecule has 9 heteroatoms. The molecule has 1 fully saturated rings. The summed E-state index contributed by atoms with van der Waals surface area (Å²) in [6.45, 7) is 1.48. The molecule has 1 heterocycles. The molecule has 0 spiro atoms. The van der Waals surface area contributed by atoms with E-state index in [2.05, 4.69) is 10.5 Å². The number of benzene rings is 4. The van der Waals surface area contributed by atoms with E-state index in [1.807, 2.05) is 91.0 Å². The Morgan fingerprint density at radius 2 is 1.26 bits per heavy atom. The van der Waals surface area contributed by atoms with Gasteiger partial charge in [-0.25, -0.2) is 0 Å². The summed E-state index contributed by atoms with van der Waals surface area (Å²) in [5.74, 6) is 0. The van der Waals surface area contributed by atoms with Crippen molar-refractivity contribution in [3.63, 3.8) is 0 Å². The first-order valence-electron chi connectivity index (χ1n) is 13.8. The molecule has 42 heavy (non-hydrogen) atoms. The van der Waals surface area contributed by atoms with Crippen LogP contribution in [0.3, 0.4) is 0 Å². The Labute approximate surface area is 244 Å². The molecule has 4 aromatic carbocycles. The van der Waals surface area contributed by atoms with E-state index in [1.165, 1.54) is 12.1 Å². The average molecular weight is 568 g/mol. The Balaban J connectivity index is 1.32. The van der Waals surface area contributed by atoms with Crippen LogP contribution < -0.4 is 5.43 Å². The van der Waals surface area contributed by atoms with Crippen LogP contribution in [0.2, 0.25) is 0 Å². The monoisotopic (exact) mass is 567 g/mol. The van der Waals surface area contributed by atoms with Gasteiger partial charge in [0.25, 0.3) is 5.69 Å². The quantitative estimate of drug-likeness (QED) is 0.120. The number of hydrogen-bond acceptors (Lipinski definition) is 8. The van der Waals surface area contributed by atoms with E-state index in [-0.39, 0.29) is 5.69 Å². The lowest BCUT2D eigenvalue weighted by atomic mass is 10.1.